The normalized spacial score (nSPS) is 11.2. The molecule has 0 spiro atoms. The lowest BCUT2D eigenvalue weighted by Crippen LogP contribution is -2.41. The number of amides is 1. The number of carbonyl (C=O) groups excluding carboxylic acids is 1. The number of aliphatic hydroxyl groups excluding tert-OH is 1. The smallest absolute Gasteiger partial charge is 0.234 e. The van der Waals surface area contributed by atoms with E-state index in [0.717, 1.165) is 13.0 Å². The maximum absolute atomic E-state index is 11.6. The van der Waals surface area contributed by atoms with E-state index in [-0.39, 0.29) is 12.5 Å². The first-order valence-corrected chi connectivity index (χ1v) is 6.22. The lowest BCUT2D eigenvalue weighted by molar-refractivity contribution is -0.122. The second kappa shape index (κ2) is 10.5. The average Bonchev–Trinajstić information content (AvgIpc) is 2.29. The summed E-state index contributed by atoms with van der Waals surface area (Å²) in [6.07, 6.45) is 1.54. The zero-order chi connectivity index (χ0) is 13.1. The minimum Gasteiger partial charge on any atom is -0.396 e. The summed E-state index contributed by atoms with van der Waals surface area (Å²) in [7, 11) is 1.65. The average molecular weight is 246 g/mol. The molecule has 102 valence electrons. The highest BCUT2D eigenvalue weighted by Crippen LogP contribution is 1.99. The third kappa shape index (κ3) is 9.09. The second-order valence-corrected chi connectivity index (χ2v) is 4.34. The molecule has 0 aliphatic heterocycles. The van der Waals surface area contributed by atoms with Gasteiger partial charge in [0.2, 0.25) is 5.91 Å². The highest BCUT2D eigenvalue weighted by atomic mass is 16.5. The third-order valence-electron chi connectivity index (χ3n) is 2.53. The molecule has 0 aliphatic rings. The van der Waals surface area contributed by atoms with Crippen molar-refractivity contribution in [2.75, 3.05) is 40.0 Å². The van der Waals surface area contributed by atoms with Crippen LogP contribution >= 0.6 is 0 Å². The Balaban J connectivity index is 3.79. The SMILES string of the molecule is COCCCNC(=O)CN(CCCO)C(C)C. The molecule has 0 saturated carbocycles. The first-order valence-electron chi connectivity index (χ1n) is 6.22. The molecule has 1 amide bonds. The Hall–Kier alpha value is -0.650. The number of nitrogens with zero attached hydrogens (tertiary/aromatic N) is 1. The number of methoxy groups -OCH3 is 1. The maximum atomic E-state index is 11.6. The van der Waals surface area contributed by atoms with Gasteiger partial charge in [-0.15, -0.1) is 0 Å². The molecule has 0 aromatic rings. The van der Waals surface area contributed by atoms with E-state index in [0.29, 0.717) is 32.2 Å². The van der Waals surface area contributed by atoms with Gasteiger partial charge in [-0.2, -0.15) is 0 Å². The molecule has 0 heterocycles. The summed E-state index contributed by atoms with van der Waals surface area (Å²) in [6, 6.07) is 0.311. The first-order chi connectivity index (χ1) is 8.11. The van der Waals surface area contributed by atoms with Crippen molar-refractivity contribution in [2.45, 2.75) is 32.7 Å². The second-order valence-electron chi connectivity index (χ2n) is 4.34. The molecule has 5 nitrogen and oxygen atoms in total. The topological polar surface area (TPSA) is 61.8 Å². The fraction of sp³-hybridized carbons (Fsp3) is 0.917. The van der Waals surface area contributed by atoms with Gasteiger partial charge in [0.05, 0.1) is 6.54 Å². The van der Waals surface area contributed by atoms with Gasteiger partial charge in [0.1, 0.15) is 0 Å². The third-order valence-corrected chi connectivity index (χ3v) is 2.53. The molecule has 0 saturated heterocycles. The van der Waals surface area contributed by atoms with Crippen LogP contribution in [0.2, 0.25) is 0 Å². The van der Waals surface area contributed by atoms with E-state index in [2.05, 4.69) is 24.1 Å². The zero-order valence-electron chi connectivity index (χ0n) is 11.2. The fourth-order valence-electron chi connectivity index (χ4n) is 1.48. The van der Waals surface area contributed by atoms with E-state index < -0.39 is 0 Å². The Morgan fingerprint density at radius 2 is 2.12 bits per heavy atom. The van der Waals surface area contributed by atoms with Gasteiger partial charge in [0.25, 0.3) is 0 Å². The Kier molecular flexibility index (Phi) is 10.1. The summed E-state index contributed by atoms with van der Waals surface area (Å²) in [4.78, 5) is 13.7. The number of aliphatic hydroxyl groups is 1. The highest BCUT2D eigenvalue weighted by molar-refractivity contribution is 5.77. The standard InChI is InChI=1S/C12H26N2O3/c1-11(2)14(7-5-8-15)10-12(16)13-6-4-9-17-3/h11,15H,4-10H2,1-3H3,(H,13,16). The van der Waals surface area contributed by atoms with Gasteiger partial charge in [-0.05, 0) is 26.7 Å². The Labute approximate surface area is 104 Å². The van der Waals surface area contributed by atoms with E-state index in [1.165, 1.54) is 0 Å². The molecular weight excluding hydrogens is 220 g/mol. The minimum atomic E-state index is 0.0349. The lowest BCUT2D eigenvalue weighted by Gasteiger charge is -2.25. The van der Waals surface area contributed by atoms with Gasteiger partial charge < -0.3 is 15.2 Å². The van der Waals surface area contributed by atoms with Crippen LogP contribution in [0, 0.1) is 0 Å². The summed E-state index contributed by atoms with van der Waals surface area (Å²) in [5.74, 6) is 0.0349. The summed E-state index contributed by atoms with van der Waals surface area (Å²) >= 11 is 0. The van der Waals surface area contributed by atoms with Crippen molar-refractivity contribution in [3.8, 4) is 0 Å². The van der Waals surface area contributed by atoms with Crippen molar-refractivity contribution in [2.24, 2.45) is 0 Å². The number of nitrogens with one attached hydrogen (secondary N) is 1. The maximum Gasteiger partial charge on any atom is 0.234 e. The van der Waals surface area contributed by atoms with Gasteiger partial charge in [-0.25, -0.2) is 0 Å². The molecule has 0 radical (unpaired) electrons. The lowest BCUT2D eigenvalue weighted by atomic mass is 10.3. The van der Waals surface area contributed by atoms with Crippen LogP contribution in [0.1, 0.15) is 26.7 Å². The van der Waals surface area contributed by atoms with Crippen molar-refractivity contribution in [3.63, 3.8) is 0 Å². The summed E-state index contributed by atoms with van der Waals surface area (Å²) < 4.78 is 4.91. The summed E-state index contributed by atoms with van der Waals surface area (Å²) in [5.41, 5.74) is 0. The largest absolute Gasteiger partial charge is 0.396 e. The van der Waals surface area contributed by atoms with E-state index >= 15 is 0 Å². The highest BCUT2D eigenvalue weighted by Gasteiger charge is 2.12. The molecular formula is C12H26N2O3. The van der Waals surface area contributed by atoms with Crippen LogP contribution in [0.5, 0.6) is 0 Å². The van der Waals surface area contributed by atoms with Crippen molar-refractivity contribution in [1.82, 2.24) is 10.2 Å². The van der Waals surface area contributed by atoms with Crippen LogP contribution in [0.4, 0.5) is 0 Å². The molecule has 0 fully saturated rings. The van der Waals surface area contributed by atoms with E-state index in [4.69, 9.17) is 9.84 Å². The summed E-state index contributed by atoms with van der Waals surface area (Å²) in [6.45, 7) is 6.73. The van der Waals surface area contributed by atoms with Gasteiger partial charge in [-0.1, -0.05) is 0 Å². The van der Waals surface area contributed by atoms with Crippen LogP contribution in [0.15, 0.2) is 0 Å². The van der Waals surface area contributed by atoms with Crippen LogP contribution in [0.3, 0.4) is 0 Å². The van der Waals surface area contributed by atoms with Gasteiger partial charge in [-0.3, -0.25) is 9.69 Å². The number of hydrogen-bond acceptors (Lipinski definition) is 4. The van der Waals surface area contributed by atoms with Crippen LogP contribution < -0.4 is 5.32 Å². The fourth-order valence-corrected chi connectivity index (χ4v) is 1.48. The van der Waals surface area contributed by atoms with Crippen molar-refractivity contribution in [1.29, 1.82) is 0 Å². The predicted molar refractivity (Wildman–Crippen MR) is 67.9 cm³/mol. The Morgan fingerprint density at radius 3 is 2.65 bits per heavy atom. The van der Waals surface area contributed by atoms with Gasteiger partial charge >= 0.3 is 0 Å². The number of rotatable bonds is 10. The molecule has 0 atom stereocenters. The monoisotopic (exact) mass is 246 g/mol. The van der Waals surface area contributed by atoms with Crippen LogP contribution in [-0.4, -0.2) is 61.9 Å². The molecule has 5 heteroatoms. The number of hydrogen-bond donors (Lipinski definition) is 2. The van der Waals surface area contributed by atoms with E-state index in [1.54, 1.807) is 7.11 Å². The zero-order valence-corrected chi connectivity index (χ0v) is 11.2. The van der Waals surface area contributed by atoms with Gasteiger partial charge in [0, 0.05) is 39.5 Å². The Bertz CT molecular complexity index is 198. The summed E-state index contributed by atoms with van der Waals surface area (Å²) in [5, 5.41) is 11.6. The van der Waals surface area contributed by atoms with Crippen LogP contribution in [0.25, 0.3) is 0 Å². The number of ether oxygens (including phenoxy) is 1. The van der Waals surface area contributed by atoms with E-state index in [9.17, 15) is 4.79 Å². The van der Waals surface area contributed by atoms with E-state index in [1.807, 2.05) is 0 Å². The predicted octanol–water partition coefficient (Wildman–Crippen LogP) is 0.232. The molecule has 0 rings (SSSR count). The first kappa shape index (κ1) is 16.4. The Morgan fingerprint density at radius 1 is 1.41 bits per heavy atom. The minimum absolute atomic E-state index is 0.0349. The molecule has 0 unspecified atom stereocenters. The molecule has 0 bridgehead atoms. The molecule has 17 heavy (non-hydrogen) atoms. The van der Waals surface area contributed by atoms with Crippen molar-refractivity contribution >= 4 is 5.91 Å². The quantitative estimate of drug-likeness (QED) is 0.542. The molecule has 0 aromatic heterocycles. The molecule has 0 aromatic carbocycles. The van der Waals surface area contributed by atoms with Gasteiger partial charge in [0.15, 0.2) is 0 Å². The molecule has 0 aliphatic carbocycles. The van der Waals surface area contributed by atoms with Crippen LogP contribution in [-0.2, 0) is 9.53 Å². The van der Waals surface area contributed by atoms with Crippen molar-refractivity contribution < 1.29 is 14.6 Å². The molecule has 2 N–H and O–H groups in total. The number of carbonyl (C=O) groups is 1. The van der Waals surface area contributed by atoms with Crippen molar-refractivity contribution in [3.05, 3.63) is 0 Å².